The minimum atomic E-state index is -0.314. The van der Waals surface area contributed by atoms with Crippen molar-refractivity contribution in [2.24, 2.45) is 4.99 Å². The number of thiazole rings is 1. The van der Waals surface area contributed by atoms with Gasteiger partial charge in [0.25, 0.3) is 5.56 Å². The predicted octanol–water partition coefficient (Wildman–Crippen LogP) is 6.69. The van der Waals surface area contributed by atoms with Crippen LogP contribution in [0.4, 0.5) is 4.39 Å². The van der Waals surface area contributed by atoms with E-state index in [4.69, 9.17) is 21.3 Å². The van der Waals surface area contributed by atoms with Gasteiger partial charge < -0.3 is 4.74 Å². The number of benzene rings is 4. The molecule has 41 heavy (non-hydrogen) atoms. The highest BCUT2D eigenvalue weighted by atomic mass is 35.5. The number of ether oxygens (including phenoxy) is 1. The van der Waals surface area contributed by atoms with Gasteiger partial charge >= 0.3 is 0 Å². The molecular formula is C34H24ClFN2O2S. The summed E-state index contributed by atoms with van der Waals surface area (Å²) in [6.45, 7) is 0.0848. The van der Waals surface area contributed by atoms with Gasteiger partial charge in [0.05, 0.1) is 16.3 Å². The van der Waals surface area contributed by atoms with Crippen LogP contribution in [0.5, 0.6) is 5.75 Å². The number of fused-ring (bicyclic) bond motifs is 3. The fourth-order valence-electron chi connectivity index (χ4n) is 5.61. The smallest absolute Gasteiger partial charge is 0.271 e. The number of nitrogens with zero attached hydrogens (tertiary/aromatic N) is 2. The summed E-state index contributed by atoms with van der Waals surface area (Å²) < 4.78 is 22.6. The number of halogens is 2. The van der Waals surface area contributed by atoms with Crippen molar-refractivity contribution in [2.75, 3.05) is 0 Å². The maximum Gasteiger partial charge on any atom is 0.271 e. The van der Waals surface area contributed by atoms with Gasteiger partial charge in [-0.2, -0.15) is 0 Å². The zero-order chi connectivity index (χ0) is 27.9. The Labute approximate surface area is 245 Å². The lowest BCUT2D eigenvalue weighted by Gasteiger charge is -2.30. The number of hydrogen-bond acceptors (Lipinski definition) is 4. The fourth-order valence-corrected chi connectivity index (χ4v) is 6.73. The molecule has 2 heterocycles. The quantitative estimate of drug-likeness (QED) is 0.233. The second kappa shape index (κ2) is 10.6. The molecule has 202 valence electrons. The molecule has 0 spiro atoms. The van der Waals surface area contributed by atoms with Crippen LogP contribution in [0, 0.1) is 5.82 Å². The Kier molecular flexibility index (Phi) is 6.65. The normalized spacial score (nSPS) is 16.0. The third-order valence-corrected chi connectivity index (χ3v) is 8.84. The first-order valence-electron chi connectivity index (χ1n) is 13.4. The van der Waals surface area contributed by atoms with E-state index in [1.54, 1.807) is 18.2 Å². The molecule has 2 aliphatic rings. The summed E-state index contributed by atoms with van der Waals surface area (Å²) in [6, 6.07) is 29.8. The van der Waals surface area contributed by atoms with Gasteiger partial charge in [-0.15, -0.1) is 0 Å². The SMILES string of the molecule is O=c1/c(=C\c2ccccc2OCc2ccccc2F)sc2n1[C@H](c1ccc(Cl)cc1)C1=C(N=2)c2ccccc2CC1. The van der Waals surface area contributed by atoms with Crippen LogP contribution in [-0.4, -0.2) is 4.57 Å². The largest absolute Gasteiger partial charge is 0.488 e. The third kappa shape index (κ3) is 4.73. The lowest BCUT2D eigenvalue weighted by atomic mass is 9.83. The molecule has 0 bridgehead atoms. The van der Waals surface area contributed by atoms with E-state index in [9.17, 15) is 9.18 Å². The van der Waals surface area contributed by atoms with Gasteiger partial charge in [0.2, 0.25) is 0 Å². The van der Waals surface area contributed by atoms with Crippen LogP contribution < -0.4 is 19.6 Å². The summed E-state index contributed by atoms with van der Waals surface area (Å²) in [5, 5.41) is 0.649. The van der Waals surface area contributed by atoms with Gasteiger partial charge in [-0.1, -0.05) is 95.7 Å². The number of rotatable bonds is 5. The number of aryl methyl sites for hydroxylation is 1. The molecule has 4 nitrogen and oxygen atoms in total. The zero-order valence-electron chi connectivity index (χ0n) is 21.9. The highest BCUT2D eigenvalue weighted by Gasteiger charge is 2.32. The summed E-state index contributed by atoms with van der Waals surface area (Å²) in [5.41, 5.74) is 6.58. The van der Waals surface area contributed by atoms with Crippen molar-refractivity contribution in [2.45, 2.75) is 25.5 Å². The molecule has 0 fully saturated rings. The van der Waals surface area contributed by atoms with Crippen LogP contribution in [0.2, 0.25) is 5.02 Å². The zero-order valence-corrected chi connectivity index (χ0v) is 23.5. The lowest BCUT2D eigenvalue weighted by Crippen LogP contribution is -2.38. The molecule has 5 aromatic rings. The van der Waals surface area contributed by atoms with E-state index < -0.39 is 0 Å². The van der Waals surface area contributed by atoms with Crippen molar-refractivity contribution in [3.8, 4) is 5.75 Å². The first-order chi connectivity index (χ1) is 20.1. The molecule has 0 saturated carbocycles. The lowest BCUT2D eigenvalue weighted by molar-refractivity contribution is 0.299. The Morgan fingerprint density at radius 2 is 1.71 bits per heavy atom. The summed E-state index contributed by atoms with van der Waals surface area (Å²) in [7, 11) is 0. The van der Waals surface area contributed by atoms with E-state index in [0.717, 1.165) is 40.8 Å². The van der Waals surface area contributed by atoms with Crippen LogP contribution in [0.25, 0.3) is 11.8 Å². The van der Waals surface area contributed by atoms with Gasteiger partial charge in [0.15, 0.2) is 4.80 Å². The highest BCUT2D eigenvalue weighted by Crippen LogP contribution is 2.41. The van der Waals surface area contributed by atoms with E-state index in [0.29, 0.717) is 25.7 Å². The van der Waals surface area contributed by atoms with Crippen molar-refractivity contribution < 1.29 is 9.13 Å². The number of hydrogen-bond donors (Lipinski definition) is 0. The van der Waals surface area contributed by atoms with Gasteiger partial charge in [-0.25, -0.2) is 9.38 Å². The molecule has 7 rings (SSSR count). The van der Waals surface area contributed by atoms with Crippen LogP contribution in [0.15, 0.2) is 112 Å². The van der Waals surface area contributed by atoms with Gasteiger partial charge in [-0.3, -0.25) is 9.36 Å². The monoisotopic (exact) mass is 578 g/mol. The number of para-hydroxylation sites is 1. The van der Waals surface area contributed by atoms with Crippen molar-refractivity contribution in [1.82, 2.24) is 4.57 Å². The minimum Gasteiger partial charge on any atom is -0.488 e. The Morgan fingerprint density at radius 1 is 0.951 bits per heavy atom. The highest BCUT2D eigenvalue weighted by molar-refractivity contribution is 7.07. The second-order valence-corrected chi connectivity index (χ2v) is 11.5. The summed E-state index contributed by atoms with van der Waals surface area (Å²) in [6.07, 6.45) is 3.56. The molecule has 4 aromatic carbocycles. The van der Waals surface area contributed by atoms with E-state index >= 15 is 0 Å². The van der Waals surface area contributed by atoms with Gasteiger partial charge in [0.1, 0.15) is 18.2 Å². The van der Waals surface area contributed by atoms with Crippen molar-refractivity contribution >= 4 is 34.7 Å². The van der Waals surface area contributed by atoms with Crippen LogP contribution >= 0.6 is 22.9 Å². The van der Waals surface area contributed by atoms with Crippen molar-refractivity contribution in [3.05, 3.63) is 161 Å². The number of allylic oxidation sites excluding steroid dienone is 1. The standard InChI is InChI=1S/C34H24ClFN2O2S/c35-25-16-13-22(14-17-25)32-27-18-15-21-7-1-4-10-26(21)31(27)37-34-38(32)33(39)30(41-34)19-23-8-3-6-12-29(23)40-20-24-9-2-5-11-28(24)36/h1-14,16-17,19,32H,15,18,20H2/b30-19+/t32-/m1/s1. The van der Waals surface area contributed by atoms with E-state index in [1.165, 1.54) is 23.0 Å². The predicted molar refractivity (Wildman–Crippen MR) is 161 cm³/mol. The molecule has 1 aliphatic carbocycles. The average Bonchev–Trinajstić information content (AvgIpc) is 3.31. The molecular weight excluding hydrogens is 555 g/mol. The molecule has 1 aliphatic heterocycles. The maximum atomic E-state index is 14.2. The summed E-state index contributed by atoms with van der Waals surface area (Å²) in [4.78, 5) is 19.8. The summed E-state index contributed by atoms with van der Waals surface area (Å²) in [5.74, 6) is 0.259. The molecule has 1 atom stereocenters. The van der Waals surface area contributed by atoms with E-state index in [-0.39, 0.29) is 24.0 Å². The van der Waals surface area contributed by atoms with Crippen molar-refractivity contribution in [1.29, 1.82) is 0 Å². The minimum absolute atomic E-state index is 0.0848. The van der Waals surface area contributed by atoms with Crippen molar-refractivity contribution in [3.63, 3.8) is 0 Å². The molecule has 0 unspecified atom stereocenters. The fraction of sp³-hybridized carbons (Fsp3) is 0.118. The van der Waals surface area contributed by atoms with E-state index in [2.05, 4.69) is 18.2 Å². The topological polar surface area (TPSA) is 43.6 Å². The second-order valence-electron chi connectivity index (χ2n) is 10.1. The molecule has 0 saturated heterocycles. The molecule has 0 N–H and O–H groups in total. The number of aromatic nitrogens is 1. The van der Waals surface area contributed by atoms with Crippen LogP contribution in [0.3, 0.4) is 0 Å². The Balaban J connectivity index is 1.36. The molecule has 7 heteroatoms. The van der Waals surface area contributed by atoms with Gasteiger partial charge in [0, 0.05) is 21.7 Å². The average molecular weight is 579 g/mol. The molecule has 1 aromatic heterocycles. The Hall–Kier alpha value is -4.26. The van der Waals surface area contributed by atoms with Gasteiger partial charge in [-0.05, 0) is 59.9 Å². The first kappa shape index (κ1) is 25.7. The maximum absolute atomic E-state index is 14.2. The van der Waals surface area contributed by atoms with Crippen LogP contribution in [0.1, 0.15) is 40.3 Å². The Bertz CT molecular complexity index is 2010. The third-order valence-electron chi connectivity index (χ3n) is 7.61. The molecule has 0 amide bonds. The first-order valence-corrected chi connectivity index (χ1v) is 14.6. The van der Waals surface area contributed by atoms with E-state index in [1.807, 2.05) is 65.2 Å². The van der Waals surface area contributed by atoms with Crippen LogP contribution in [-0.2, 0) is 13.0 Å². The molecule has 0 radical (unpaired) electrons. The summed E-state index contributed by atoms with van der Waals surface area (Å²) >= 11 is 7.60. The Morgan fingerprint density at radius 3 is 2.56 bits per heavy atom.